The highest BCUT2D eigenvalue weighted by Gasteiger charge is 2.07. The molecule has 3 N–H and O–H groups in total. The summed E-state index contributed by atoms with van der Waals surface area (Å²) in [6.07, 6.45) is -0.738. The lowest BCUT2D eigenvalue weighted by Crippen LogP contribution is -2.25. The van der Waals surface area contributed by atoms with E-state index in [2.05, 4.69) is 0 Å². The van der Waals surface area contributed by atoms with Crippen LogP contribution in [0.1, 0.15) is 0 Å². The average molecular weight is 289 g/mol. The van der Waals surface area contributed by atoms with Gasteiger partial charge in [0.05, 0.1) is 7.11 Å². The van der Waals surface area contributed by atoms with Crippen molar-refractivity contribution in [1.29, 1.82) is 0 Å². The van der Waals surface area contributed by atoms with Crippen molar-refractivity contribution in [2.75, 3.05) is 26.1 Å². The Morgan fingerprint density at radius 2 is 1.52 bits per heavy atom. The number of aliphatic hydroxyl groups excluding tert-OH is 1. The lowest BCUT2D eigenvalue weighted by atomic mass is 10.3. The molecule has 0 aliphatic rings. The summed E-state index contributed by atoms with van der Waals surface area (Å²) < 4.78 is 16.0. The molecule has 112 valence electrons. The van der Waals surface area contributed by atoms with Crippen LogP contribution >= 0.6 is 0 Å². The van der Waals surface area contributed by atoms with Gasteiger partial charge in [-0.25, -0.2) is 0 Å². The molecule has 0 heterocycles. The molecule has 0 aliphatic heterocycles. The predicted molar refractivity (Wildman–Crippen MR) is 80.8 cm³/mol. The average Bonchev–Trinajstić information content (AvgIpc) is 2.51. The van der Waals surface area contributed by atoms with Crippen molar-refractivity contribution in [1.82, 2.24) is 0 Å². The molecule has 0 fully saturated rings. The summed E-state index contributed by atoms with van der Waals surface area (Å²) >= 11 is 0. The molecule has 2 aromatic rings. The van der Waals surface area contributed by atoms with E-state index in [9.17, 15) is 5.11 Å². The molecule has 0 amide bonds. The van der Waals surface area contributed by atoms with Gasteiger partial charge in [-0.1, -0.05) is 12.1 Å². The van der Waals surface area contributed by atoms with Crippen molar-refractivity contribution in [3.63, 3.8) is 0 Å². The number of aliphatic hydroxyl groups is 1. The topological polar surface area (TPSA) is 73.9 Å². The van der Waals surface area contributed by atoms with Crippen LogP contribution in [-0.4, -0.2) is 31.5 Å². The third-order valence-electron chi connectivity index (χ3n) is 2.78. The van der Waals surface area contributed by atoms with Crippen molar-refractivity contribution in [2.45, 2.75) is 6.10 Å². The zero-order chi connectivity index (χ0) is 15.1. The highest BCUT2D eigenvalue weighted by Crippen LogP contribution is 2.19. The Balaban J connectivity index is 1.78. The predicted octanol–water partition coefficient (Wildman–Crippen LogP) is 2.10. The van der Waals surface area contributed by atoms with Crippen molar-refractivity contribution in [3.05, 3.63) is 48.5 Å². The first-order valence-electron chi connectivity index (χ1n) is 6.60. The number of methoxy groups -OCH3 is 1. The van der Waals surface area contributed by atoms with Gasteiger partial charge in [0.15, 0.2) is 0 Å². The maximum atomic E-state index is 9.86. The minimum Gasteiger partial charge on any atom is -0.497 e. The standard InChI is InChI=1S/C16H19NO4/c1-19-14-5-3-7-16(9-14)21-11-13(18)10-20-15-6-2-4-12(17)8-15/h2-9,13,18H,10-11,17H2,1H3. The Morgan fingerprint density at radius 3 is 2.14 bits per heavy atom. The Labute approximate surface area is 123 Å². The third kappa shape index (κ3) is 4.89. The van der Waals surface area contributed by atoms with Crippen LogP contribution in [0, 0.1) is 0 Å². The van der Waals surface area contributed by atoms with Crippen LogP contribution in [0.4, 0.5) is 5.69 Å². The number of hydrogen-bond acceptors (Lipinski definition) is 5. The van der Waals surface area contributed by atoms with E-state index >= 15 is 0 Å². The Kier molecular flexibility index (Phi) is 5.29. The molecule has 5 nitrogen and oxygen atoms in total. The molecule has 0 radical (unpaired) electrons. The quantitative estimate of drug-likeness (QED) is 0.764. The van der Waals surface area contributed by atoms with Crippen molar-refractivity contribution < 1.29 is 19.3 Å². The van der Waals surface area contributed by atoms with Crippen LogP contribution in [0.3, 0.4) is 0 Å². The van der Waals surface area contributed by atoms with E-state index < -0.39 is 6.10 Å². The normalized spacial score (nSPS) is 11.7. The van der Waals surface area contributed by atoms with Gasteiger partial charge in [0.1, 0.15) is 36.6 Å². The van der Waals surface area contributed by atoms with Crippen molar-refractivity contribution in [3.8, 4) is 17.2 Å². The van der Waals surface area contributed by atoms with Crippen LogP contribution in [0.2, 0.25) is 0 Å². The second-order valence-electron chi connectivity index (χ2n) is 4.53. The number of hydrogen-bond donors (Lipinski definition) is 2. The molecule has 1 atom stereocenters. The first-order valence-corrected chi connectivity index (χ1v) is 6.60. The summed E-state index contributed by atoms with van der Waals surface area (Å²) in [6, 6.07) is 14.3. The van der Waals surface area contributed by atoms with Gasteiger partial charge >= 0.3 is 0 Å². The van der Waals surface area contributed by atoms with Gasteiger partial charge in [-0.3, -0.25) is 0 Å². The maximum Gasteiger partial charge on any atom is 0.123 e. The van der Waals surface area contributed by atoms with Crippen LogP contribution < -0.4 is 19.9 Å². The second-order valence-corrected chi connectivity index (χ2v) is 4.53. The van der Waals surface area contributed by atoms with Crippen LogP contribution in [-0.2, 0) is 0 Å². The number of anilines is 1. The summed E-state index contributed by atoms with van der Waals surface area (Å²) in [5, 5.41) is 9.86. The Hall–Kier alpha value is -2.40. The van der Waals surface area contributed by atoms with E-state index in [1.807, 2.05) is 12.1 Å². The fourth-order valence-corrected chi connectivity index (χ4v) is 1.73. The minimum absolute atomic E-state index is 0.132. The van der Waals surface area contributed by atoms with E-state index in [-0.39, 0.29) is 13.2 Å². The zero-order valence-corrected chi connectivity index (χ0v) is 11.9. The van der Waals surface area contributed by atoms with Crippen molar-refractivity contribution >= 4 is 5.69 Å². The highest BCUT2D eigenvalue weighted by molar-refractivity contribution is 5.43. The van der Waals surface area contributed by atoms with Gasteiger partial charge in [0.25, 0.3) is 0 Å². The molecule has 2 rings (SSSR count). The monoisotopic (exact) mass is 289 g/mol. The van der Waals surface area contributed by atoms with Crippen LogP contribution in [0.25, 0.3) is 0 Å². The largest absolute Gasteiger partial charge is 0.497 e. The number of benzene rings is 2. The highest BCUT2D eigenvalue weighted by atomic mass is 16.5. The Bertz CT molecular complexity index is 574. The number of nitrogen functional groups attached to an aromatic ring is 1. The number of nitrogens with two attached hydrogens (primary N) is 1. The second kappa shape index (κ2) is 7.40. The summed E-state index contributed by atoms with van der Waals surface area (Å²) in [7, 11) is 1.59. The van der Waals surface area contributed by atoms with E-state index in [1.165, 1.54) is 0 Å². The molecule has 0 spiro atoms. The van der Waals surface area contributed by atoms with E-state index in [4.69, 9.17) is 19.9 Å². The van der Waals surface area contributed by atoms with Crippen LogP contribution in [0.5, 0.6) is 17.2 Å². The molecular formula is C16H19NO4. The Morgan fingerprint density at radius 1 is 0.952 bits per heavy atom. The molecule has 0 aromatic heterocycles. The minimum atomic E-state index is -0.738. The fourth-order valence-electron chi connectivity index (χ4n) is 1.73. The SMILES string of the molecule is COc1cccc(OCC(O)COc2cccc(N)c2)c1. The fraction of sp³-hybridized carbons (Fsp3) is 0.250. The lowest BCUT2D eigenvalue weighted by molar-refractivity contribution is 0.0626. The molecule has 1 unspecified atom stereocenters. The van der Waals surface area contributed by atoms with Gasteiger partial charge in [-0.15, -0.1) is 0 Å². The maximum absolute atomic E-state index is 9.86. The van der Waals surface area contributed by atoms with E-state index in [0.29, 0.717) is 22.9 Å². The summed E-state index contributed by atoms with van der Waals surface area (Å²) in [6.45, 7) is 0.267. The van der Waals surface area contributed by atoms with Gasteiger partial charge in [-0.2, -0.15) is 0 Å². The molecule has 0 bridgehead atoms. The van der Waals surface area contributed by atoms with Crippen molar-refractivity contribution in [2.24, 2.45) is 0 Å². The molecular weight excluding hydrogens is 270 g/mol. The number of rotatable bonds is 7. The first-order chi connectivity index (χ1) is 10.2. The van der Waals surface area contributed by atoms with Gasteiger partial charge in [0.2, 0.25) is 0 Å². The first kappa shape index (κ1) is 15.0. The smallest absolute Gasteiger partial charge is 0.123 e. The summed E-state index contributed by atoms with van der Waals surface area (Å²) in [5.41, 5.74) is 6.27. The van der Waals surface area contributed by atoms with E-state index in [1.54, 1.807) is 43.5 Å². The van der Waals surface area contributed by atoms with E-state index in [0.717, 1.165) is 0 Å². The number of ether oxygens (including phenoxy) is 3. The van der Waals surface area contributed by atoms with Gasteiger partial charge in [0, 0.05) is 17.8 Å². The third-order valence-corrected chi connectivity index (χ3v) is 2.78. The summed E-state index contributed by atoms with van der Waals surface area (Å²) in [5.74, 6) is 1.96. The lowest BCUT2D eigenvalue weighted by Gasteiger charge is -2.14. The molecule has 21 heavy (non-hydrogen) atoms. The molecule has 0 saturated heterocycles. The molecule has 0 aliphatic carbocycles. The van der Waals surface area contributed by atoms with Crippen LogP contribution in [0.15, 0.2) is 48.5 Å². The molecule has 0 saturated carbocycles. The molecule has 2 aromatic carbocycles. The zero-order valence-electron chi connectivity index (χ0n) is 11.9. The molecule has 5 heteroatoms. The van der Waals surface area contributed by atoms with Gasteiger partial charge < -0.3 is 25.1 Å². The van der Waals surface area contributed by atoms with Gasteiger partial charge in [-0.05, 0) is 24.3 Å². The summed E-state index contributed by atoms with van der Waals surface area (Å²) in [4.78, 5) is 0.